The van der Waals surface area contributed by atoms with Gasteiger partial charge in [0.1, 0.15) is 5.82 Å². The molecule has 2 rings (SSSR count). The van der Waals surface area contributed by atoms with Gasteiger partial charge in [-0.2, -0.15) is 13.2 Å². The summed E-state index contributed by atoms with van der Waals surface area (Å²) in [5, 5.41) is 0. The molecule has 17 heavy (non-hydrogen) atoms. The lowest BCUT2D eigenvalue weighted by Gasteiger charge is -2.21. The SMILES string of the molecule is CC1CC(C(F)(F)F)=Cc2sc(CN)c(F)c21. The van der Waals surface area contributed by atoms with Crippen molar-refractivity contribution >= 4 is 17.4 Å². The Kier molecular flexibility index (Phi) is 3.03. The molecule has 1 atom stereocenters. The van der Waals surface area contributed by atoms with E-state index in [1.807, 2.05) is 0 Å². The van der Waals surface area contributed by atoms with Gasteiger partial charge in [0.2, 0.25) is 0 Å². The lowest BCUT2D eigenvalue weighted by atomic mass is 9.88. The number of fused-ring (bicyclic) bond motifs is 1. The second-order valence-corrected chi connectivity index (χ2v) is 5.23. The molecule has 94 valence electrons. The molecule has 0 saturated carbocycles. The van der Waals surface area contributed by atoms with Crippen LogP contribution in [0, 0.1) is 5.82 Å². The van der Waals surface area contributed by atoms with Crippen molar-refractivity contribution in [3.05, 3.63) is 26.7 Å². The topological polar surface area (TPSA) is 26.0 Å². The molecule has 1 aromatic heterocycles. The third-order valence-corrected chi connectivity index (χ3v) is 4.00. The normalized spacial score (nSPS) is 20.1. The van der Waals surface area contributed by atoms with Gasteiger partial charge >= 0.3 is 6.18 Å². The molecule has 6 heteroatoms. The highest BCUT2D eigenvalue weighted by molar-refractivity contribution is 7.13. The van der Waals surface area contributed by atoms with Crippen LogP contribution in [-0.4, -0.2) is 6.18 Å². The predicted molar refractivity (Wildman–Crippen MR) is 59.2 cm³/mol. The van der Waals surface area contributed by atoms with Gasteiger partial charge in [-0.1, -0.05) is 6.92 Å². The highest BCUT2D eigenvalue weighted by Crippen LogP contribution is 2.45. The van der Waals surface area contributed by atoms with Crippen LogP contribution in [0.4, 0.5) is 17.6 Å². The van der Waals surface area contributed by atoms with Crippen LogP contribution in [0.5, 0.6) is 0 Å². The number of alkyl halides is 3. The van der Waals surface area contributed by atoms with Crippen molar-refractivity contribution in [1.82, 2.24) is 0 Å². The summed E-state index contributed by atoms with van der Waals surface area (Å²) in [6.45, 7) is 1.62. The van der Waals surface area contributed by atoms with Crippen molar-refractivity contribution in [2.24, 2.45) is 5.73 Å². The van der Waals surface area contributed by atoms with Gasteiger partial charge in [0.05, 0.1) is 4.88 Å². The summed E-state index contributed by atoms with van der Waals surface area (Å²) in [5.41, 5.74) is 5.14. The minimum atomic E-state index is -4.34. The third-order valence-electron chi connectivity index (χ3n) is 2.85. The van der Waals surface area contributed by atoms with E-state index >= 15 is 0 Å². The van der Waals surface area contributed by atoms with Gasteiger partial charge in [0.15, 0.2) is 0 Å². The van der Waals surface area contributed by atoms with Crippen LogP contribution in [0.25, 0.3) is 6.08 Å². The standard InChI is InChI=1S/C11H11F4NS/c1-5-2-6(11(13,14)15)3-7-9(5)10(12)8(4-16)17-7/h3,5H,2,4,16H2,1H3. The summed E-state index contributed by atoms with van der Waals surface area (Å²) in [5.74, 6) is -0.888. The average molecular weight is 265 g/mol. The minimum Gasteiger partial charge on any atom is -0.326 e. The number of halogens is 4. The molecule has 0 aromatic carbocycles. The molecular weight excluding hydrogens is 254 g/mol. The summed E-state index contributed by atoms with van der Waals surface area (Å²) in [4.78, 5) is 0.676. The van der Waals surface area contributed by atoms with E-state index in [4.69, 9.17) is 5.73 Å². The molecule has 0 saturated heterocycles. The average Bonchev–Trinajstić information content (AvgIpc) is 2.54. The van der Waals surface area contributed by atoms with Crippen LogP contribution >= 0.6 is 11.3 Å². The number of allylic oxidation sites excluding steroid dienone is 1. The van der Waals surface area contributed by atoms with Crippen LogP contribution in [0.3, 0.4) is 0 Å². The molecule has 1 aliphatic rings. The van der Waals surface area contributed by atoms with Gasteiger partial charge in [-0.05, 0) is 18.4 Å². The molecule has 0 fully saturated rings. The van der Waals surface area contributed by atoms with Gasteiger partial charge in [-0.25, -0.2) is 4.39 Å². The smallest absolute Gasteiger partial charge is 0.326 e. The monoisotopic (exact) mass is 265 g/mol. The maximum atomic E-state index is 13.8. The van der Waals surface area contributed by atoms with Crippen molar-refractivity contribution in [3.63, 3.8) is 0 Å². The highest BCUT2D eigenvalue weighted by Gasteiger charge is 2.38. The van der Waals surface area contributed by atoms with Crippen molar-refractivity contribution in [1.29, 1.82) is 0 Å². The first-order chi connectivity index (χ1) is 7.84. The molecule has 0 radical (unpaired) electrons. The van der Waals surface area contributed by atoms with Crippen molar-refractivity contribution in [3.8, 4) is 0 Å². The van der Waals surface area contributed by atoms with E-state index in [0.29, 0.717) is 15.3 Å². The number of rotatable bonds is 1. The Morgan fingerprint density at radius 1 is 1.47 bits per heavy atom. The fourth-order valence-corrected chi connectivity index (χ4v) is 3.19. The number of thiophene rings is 1. The Morgan fingerprint density at radius 2 is 2.12 bits per heavy atom. The van der Waals surface area contributed by atoms with Gasteiger partial charge in [0, 0.05) is 22.6 Å². The Balaban J connectivity index is 2.53. The van der Waals surface area contributed by atoms with E-state index in [1.165, 1.54) is 0 Å². The van der Waals surface area contributed by atoms with E-state index in [2.05, 4.69) is 0 Å². The van der Waals surface area contributed by atoms with Crippen LogP contribution in [0.15, 0.2) is 5.57 Å². The van der Waals surface area contributed by atoms with Crippen LogP contribution < -0.4 is 5.73 Å². The molecule has 1 heterocycles. The summed E-state index contributed by atoms with van der Waals surface area (Å²) in [6.07, 6.45) is -3.47. The second kappa shape index (κ2) is 4.10. The van der Waals surface area contributed by atoms with E-state index < -0.39 is 23.5 Å². The zero-order chi connectivity index (χ0) is 12.8. The first kappa shape index (κ1) is 12.6. The lowest BCUT2D eigenvalue weighted by molar-refractivity contribution is -0.0936. The highest BCUT2D eigenvalue weighted by atomic mass is 32.1. The Labute approximate surface area is 99.9 Å². The molecular formula is C11H11F4NS. The molecule has 0 amide bonds. The zero-order valence-corrected chi connectivity index (χ0v) is 9.88. The molecule has 0 spiro atoms. The van der Waals surface area contributed by atoms with E-state index in [-0.39, 0.29) is 13.0 Å². The molecule has 2 N–H and O–H groups in total. The van der Waals surface area contributed by atoms with Gasteiger partial charge in [-0.15, -0.1) is 11.3 Å². The van der Waals surface area contributed by atoms with Crippen molar-refractivity contribution in [2.45, 2.75) is 32.0 Å². The largest absolute Gasteiger partial charge is 0.412 e. The Bertz CT molecular complexity index is 473. The number of hydrogen-bond acceptors (Lipinski definition) is 2. The van der Waals surface area contributed by atoms with E-state index in [1.54, 1.807) is 6.92 Å². The molecule has 1 aromatic rings. The fourth-order valence-electron chi connectivity index (χ4n) is 2.04. The molecule has 0 aliphatic heterocycles. The third kappa shape index (κ3) is 2.11. The minimum absolute atomic E-state index is 0.0193. The Morgan fingerprint density at radius 3 is 2.65 bits per heavy atom. The van der Waals surface area contributed by atoms with Crippen LogP contribution in [0.1, 0.15) is 34.6 Å². The lowest BCUT2D eigenvalue weighted by Crippen LogP contribution is -2.17. The molecule has 1 unspecified atom stereocenters. The molecule has 1 aliphatic carbocycles. The first-order valence-corrected chi connectivity index (χ1v) is 5.95. The van der Waals surface area contributed by atoms with Gasteiger partial charge < -0.3 is 5.73 Å². The number of nitrogens with two attached hydrogens (primary N) is 1. The van der Waals surface area contributed by atoms with Crippen molar-refractivity contribution in [2.75, 3.05) is 0 Å². The summed E-state index contributed by atoms with van der Waals surface area (Å²) in [7, 11) is 0. The molecule has 1 nitrogen and oxygen atoms in total. The van der Waals surface area contributed by atoms with Crippen molar-refractivity contribution < 1.29 is 17.6 Å². The van der Waals surface area contributed by atoms with Gasteiger partial charge in [-0.3, -0.25) is 0 Å². The van der Waals surface area contributed by atoms with Crippen LogP contribution in [-0.2, 0) is 6.54 Å². The second-order valence-electron chi connectivity index (χ2n) is 4.09. The maximum absolute atomic E-state index is 13.8. The number of hydrogen-bond donors (Lipinski definition) is 1. The quantitative estimate of drug-likeness (QED) is 0.768. The van der Waals surface area contributed by atoms with E-state index in [0.717, 1.165) is 17.4 Å². The first-order valence-electron chi connectivity index (χ1n) is 5.13. The fraction of sp³-hybridized carbons (Fsp3) is 0.455. The zero-order valence-electron chi connectivity index (χ0n) is 9.07. The van der Waals surface area contributed by atoms with Crippen LogP contribution in [0.2, 0.25) is 0 Å². The Hall–Kier alpha value is -0.880. The molecule has 0 bridgehead atoms. The van der Waals surface area contributed by atoms with Gasteiger partial charge in [0.25, 0.3) is 0 Å². The maximum Gasteiger partial charge on any atom is 0.412 e. The summed E-state index contributed by atoms with van der Waals surface area (Å²) >= 11 is 1.01. The summed E-state index contributed by atoms with van der Waals surface area (Å²) in [6, 6.07) is 0. The van der Waals surface area contributed by atoms with E-state index in [9.17, 15) is 17.6 Å². The predicted octanol–water partition coefficient (Wildman–Crippen LogP) is 3.80. The summed E-state index contributed by atoms with van der Waals surface area (Å²) < 4.78 is 51.7.